The molecular formula is C27H29N3O4. The third kappa shape index (κ3) is 6.30. The van der Waals surface area contributed by atoms with Crippen LogP contribution in [-0.2, 0) is 16.1 Å². The molecule has 3 rings (SSSR count). The average molecular weight is 460 g/mol. The lowest BCUT2D eigenvalue weighted by Gasteiger charge is -2.20. The Morgan fingerprint density at radius 2 is 1.74 bits per heavy atom. The highest BCUT2D eigenvalue weighted by Gasteiger charge is 2.20. The first kappa shape index (κ1) is 24.7. The van der Waals surface area contributed by atoms with Crippen LogP contribution < -0.4 is 5.32 Å². The van der Waals surface area contributed by atoms with E-state index in [9.17, 15) is 14.7 Å². The molecule has 0 bridgehead atoms. The fourth-order valence-electron chi connectivity index (χ4n) is 3.73. The first-order valence-electron chi connectivity index (χ1n) is 11.0. The molecule has 0 fully saturated rings. The number of nitrogens with zero attached hydrogens (tertiary/aromatic N) is 2. The molecule has 0 aliphatic rings. The average Bonchev–Trinajstić information content (AvgIpc) is 3.27. The van der Waals surface area contributed by atoms with Gasteiger partial charge in [-0.3, -0.25) is 9.59 Å². The zero-order valence-electron chi connectivity index (χ0n) is 19.2. The summed E-state index contributed by atoms with van der Waals surface area (Å²) in [7, 11) is 1.56. The van der Waals surface area contributed by atoms with E-state index in [1.807, 2.05) is 36.4 Å². The number of carbonyl (C=O) groups is 2. The highest BCUT2D eigenvalue weighted by Crippen LogP contribution is 2.29. The van der Waals surface area contributed by atoms with Crippen molar-refractivity contribution in [3.8, 4) is 0 Å². The number of benzene rings is 2. The quantitative estimate of drug-likeness (QED) is 0.241. The van der Waals surface area contributed by atoms with Gasteiger partial charge in [0.1, 0.15) is 11.5 Å². The van der Waals surface area contributed by atoms with Crippen LogP contribution in [0.4, 0.5) is 0 Å². The molecule has 0 radical (unpaired) electrons. The third-order valence-corrected chi connectivity index (χ3v) is 5.46. The fourth-order valence-corrected chi connectivity index (χ4v) is 3.73. The van der Waals surface area contributed by atoms with Crippen molar-refractivity contribution >= 4 is 17.8 Å². The molecule has 0 atom stereocenters. The summed E-state index contributed by atoms with van der Waals surface area (Å²) in [5.41, 5.74) is 2.64. The number of allylic oxidation sites excluding steroid dienone is 1. The maximum atomic E-state index is 12.8. The first-order valence-corrected chi connectivity index (χ1v) is 11.0. The molecule has 0 unspecified atom stereocenters. The lowest BCUT2D eigenvalue weighted by Crippen LogP contribution is -2.29. The Balaban J connectivity index is 1.95. The van der Waals surface area contributed by atoms with Gasteiger partial charge in [0.2, 0.25) is 5.78 Å². The van der Waals surface area contributed by atoms with Crippen molar-refractivity contribution in [2.75, 3.05) is 20.3 Å². The van der Waals surface area contributed by atoms with Crippen LogP contribution in [0.1, 0.15) is 39.8 Å². The molecule has 0 saturated heterocycles. The summed E-state index contributed by atoms with van der Waals surface area (Å²) in [6, 6.07) is 20.3. The molecule has 0 aliphatic carbocycles. The predicted molar refractivity (Wildman–Crippen MR) is 132 cm³/mol. The molecule has 3 aromatic rings. The maximum Gasteiger partial charge on any atom is 0.269 e. The van der Waals surface area contributed by atoms with E-state index in [0.717, 1.165) is 17.2 Å². The molecule has 2 aromatic carbocycles. The summed E-state index contributed by atoms with van der Waals surface area (Å²) < 4.78 is 6.72. The lowest BCUT2D eigenvalue weighted by molar-refractivity contribution is -0.113. The summed E-state index contributed by atoms with van der Waals surface area (Å²) >= 11 is 0. The van der Waals surface area contributed by atoms with Gasteiger partial charge < -0.3 is 19.7 Å². The summed E-state index contributed by atoms with van der Waals surface area (Å²) in [5.74, 6) is -1.03. The number of ether oxygens (including phenoxy) is 1. The summed E-state index contributed by atoms with van der Waals surface area (Å²) in [6.45, 7) is 4.56. The van der Waals surface area contributed by atoms with E-state index in [1.54, 1.807) is 11.7 Å². The Kier molecular flexibility index (Phi) is 8.94. The molecule has 1 aromatic heterocycles. The summed E-state index contributed by atoms with van der Waals surface area (Å²) in [6.07, 6.45) is 4.40. The number of rotatable bonds is 12. The van der Waals surface area contributed by atoms with Crippen molar-refractivity contribution in [3.63, 3.8) is 0 Å². The minimum Gasteiger partial charge on any atom is -0.504 e. The molecule has 34 heavy (non-hydrogen) atoms. The van der Waals surface area contributed by atoms with E-state index in [4.69, 9.17) is 4.74 Å². The van der Waals surface area contributed by atoms with Crippen molar-refractivity contribution in [2.45, 2.75) is 18.9 Å². The number of amides is 1. The molecule has 0 spiro atoms. The number of ketones is 1. The number of aliphatic hydroxyl groups excluding tert-OH is 1. The standard InChI is InChI=1S/C27H29N3O4/c1-3-24(31)25(32)18-26-29-19-23(27(33)28-15-17-34-2)30(26)16-14-22(20-10-6-4-7-11-20)21-12-8-5-9-13-21/h3-13,18-19,22,32H,1,14-17H2,2H3,(H,28,33)/b25-18-. The number of carbonyl (C=O) groups excluding carboxylic acids is 2. The number of hydrogen-bond acceptors (Lipinski definition) is 5. The Morgan fingerprint density at radius 1 is 1.12 bits per heavy atom. The Morgan fingerprint density at radius 3 is 2.29 bits per heavy atom. The van der Waals surface area contributed by atoms with Crippen LogP contribution in [0.5, 0.6) is 0 Å². The molecular weight excluding hydrogens is 430 g/mol. The zero-order chi connectivity index (χ0) is 24.3. The topological polar surface area (TPSA) is 93.4 Å². The highest BCUT2D eigenvalue weighted by atomic mass is 16.5. The normalized spacial score (nSPS) is 11.4. The van der Waals surface area contributed by atoms with Crippen LogP contribution in [0.15, 0.2) is 85.3 Å². The fraction of sp³-hybridized carbons (Fsp3) is 0.222. The van der Waals surface area contributed by atoms with Gasteiger partial charge in [0.05, 0.1) is 12.8 Å². The molecule has 7 nitrogen and oxygen atoms in total. The highest BCUT2D eigenvalue weighted by molar-refractivity contribution is 6.04. The number of hydrogen-bond donors (Lipinski definition) is 2. The van der Waals surface area contributed by atoms with E-state index in [-0.39, 0.29) is 11.8 Å². The molecule has 1 amide bonds. The first-order chi connectivity index (χ1) is 16.5. The number of nitrogens with one attached hydrogen (secondary N) is 1. The largest absolute Gasteiger partial charge is 0.504 e. The van der Waals surface area contributed by atoms with Crippen molar-refractivity contribution < 1.29 is 19.4 Å². The van der Waals surface area contributed by atoms with Crippen molar-refractivity contribution in [1.29, 1.82) is 0 Å². The smallest absolute Gasteiger partial charge is 0.269 e. The van der Waals surface area contributed by atoms with Crippen LogP contribution in [0.3, 0.4) is 0 Å². The zero-order valence-corrected chi connectivity index (χ0v) is 19.2. The van der Waals surface area contributed by atoms with Gasteiger partial charge in [-0.1, -0.05) is 67.2 Å². The molecule has 1 heterocycles. The van der Waals surface area contributed by atoms with Gasteiger partial charge >= 0.3 is 0 Å². The van der Waals surface area contributed by atoms with Gasteiger partial charge in [-0.2, -0.15) is 0 Å². The van der Waals surface area contributed by atoms with E-state index in [2.05, 4.69) is 41.1 Å². The van der Waals surface area contributed by atoms with E-state index < -0.39 is 11.5 Å². The van der Waals surface area contributed by atoms with Crippen LogP contribution in [0, 0.1) is 0 Å². The Hall–Kier alpha value is -3.97. The van der Waals surface area contributed by atoms with Crippen LogP contribution in [-0.4, -0.2) is 46.6 Å². The Labute approximate surface area is 199 Å². The van der Waals surface area contributed by atoms with Gasteiger partial charge in [-0.15, -0.1) is 0 Å². The van der Waals surface area contributed by atoms with E-state index >= 15 is 0 Å². The number of aliphatic hydroxyl groups is 1. The third-order valence-electron chi connectivity index (χ3n) is 5.46. The van der Waals surface area contributed by atoms with E-state index in [0.29, 0.717) is 37.6 Å². The summed E-state index contributed by atoms with van der Waals surface area (Å²) in [5, 5.41) is 12.9. The maximum absolute atomic E-state index is 12.8. The SMILES string of the molecule is C=CC(=O)/C(O)=C/c1ncc(C(=O)NCCOC)n1CCC(c1ccccc1)c1ccccc1. The van der Waals surface area contributed by atoms with Crippen LogP contribution in [0.25, 0.3) is 6.08 Å². The minimum atomic E-state index is -0.618. The van der Waals surface area contributed by atoms with Gasteiger partial charge in [0.15, 0.2) is 5.76 Å². The van der Waals surface area contributed by atoms with Crippen LogP contribution in [0.2, 0.25) is 0 Å². The number of imidazole rings is 1. The molecule has 7 heteroatoms. The molecule has 176 valence electrons. The monoisotopic (exact) mass is 459 g/mol. The predicted octanol–water partition coefficient (Wildman–Crippen LogP) is 4.14. The summed E-state index contributed by atoms with van der Waals surface area (Å²) in [4.78, 5) is 28.9. The van der Waals surface area contributed by atoms with Crippen molar-refractivity contribution in [3.05, 3.63) is 108 Å². The van der Waals surface area contributed by atoms with Gasteiger partial charge in [-0.25, -0.2) is 4.98 Å². The lowest BCUT2D eigenvalue weighted by atomic mass is 9.88. The molecule has 0 aliphatic heterocycles. The Bertz CT molecular complexity index is 1100. The second-order valence-electron chi connectivity index (χ2n) is 7.66. The second-order valence-corrected chi connectivity index (χ2v) is 7.66. The second kappa shape index (κ2) is 12.3. The van der Waals surface area contributed by atoms with Crippen molar-refractivity contribution in [2.24, 2.45) is 0 Å². The van der Waals surface area contributed by atoms with Gasteiger partial charge in [0.25, 0.3) is 5.91 Å². The number of methoxy groups -OCH3 is 1. The van der Waals surface area contributed by atoms with Gasteiger partial charge in [0, 0.05) is 32.2 Å². The van der Waals surface area contributed by atoms with Crippen molar-refractivity contribution in [1.82, 2.24) is 14.9 Å². The molecule has 2 N–H and O–H groups in total. The van der Waals surface area contributed by atoms with Crippen LogP contribution >= 0.6 is 0 Å². The van der Waals surface area contributed by atoms with Gasteiger partial charge in [-0.05, 0) is 23.6 Å². The number of aromatic nitrogens is 2. The van der Waals surface area contributed by atoms with E-state index in [1.165, 1.54) is 12.3 Å². The molecule has 0 saturated carbocycles. The minimum absolute atomic E-state index is 0.0782.